The Labute approximate surface area is 119 Å². The van der Waals surface area contributed by atoms with Crippen molar-refractivity contribution in [3.8, 4) is 0 Å². The summed E-state index contributed by atoms with van der Waals surface area (Å²) in [6, 6.07) is 9.41. The number of aromatic nitrogens is 3. The topological polar surface area (TPSA) is 51.8 Å². The minimum atomic E-state index is 0.451. The number of benzene rings is 1. The number of nitrogens with zero attached hydrogens (tertiary/aromatic N) is 3. The molecule has 0 fully saturated rings. The molecule has 0 radical (unpaired) electrons. The zero-order chi connectivity index (χ0) is 13.2. The van der Waals surface area contributed by atoms with Crippen LogP contribution in [0.3, 0.4) is 0 Å². The molecule has 19 heavy (non-hydrogen) atoms. The molecule has 0 saturated heterocycles. The fourth-order valence-electron chi connectivity index (χ4n) is 1.68. The maximum atomic E-state index is 5.89. The van der Waals surface area contributed by atoms with Crippen molar-refractivity contribution in [2.75, 3.05) is 0 Å². The SMILES string of the molecule is Cc1cc(Cl)nc(SCc2nc3ccccc3o2)n1. The van der Waals surface area contributed by atoms with Crippen LogP contribution in [-0.2, 0) is 5.75 Å². The third kappa shape index (κ3) is 2.88. The molecule has 0 saturated carbocycles. The van der Waals surface area contributed by atoms with Gasteiger partial charge >= 0.3 is 0 Å². The molecular weight excluding hydrogens is 282 g/mol. The smallest absolute Gasteiger partial charge is 0.205 e. The average Bonchev–Trinajstić information content (AvgIpc) is 2.78. The molecule has 0 atom stereocenters. The van der Waals surface area contributed by atoms with Gasteiger partial charge in [0.05, 0.1) is 5.75 Å². The van der Waals surface area contributed by atoms with Gasteiger partial charge in [-0.2, -0.15) is 0 Å². The van der Waals surface area contributed by atoms with E-state index in [0.29, 0.717) is 22.0 Å². The number of thioether (sulfide) groups is 1. The molecule has 0 aliphatic carbocycles. The lowest BCUT2D eigenvalue weighted by Crippen LogP contribution is -1.91. The molecule has 2 heterocycles. The molecule has 3 rings (SSSR count). The Kier molecular flexibility index (Phi) is 3.40. The highest BCUT2D eigenvalue weighted by atomic mass is 35.5. The number of halogens is 1. The second-order valence-electron chi connectivity index (χ2n) is 3.98. The van der Waals surface area contributed by atoms with E-state index in [1.165, 1.54) is 11.8 Å². The second kappa shape index (κ2) is 5.19. The lowest BCUT2D eigenvalue weighted by atomic mass is 10.3. The van der Waals surface area contributed by atoms with E-state index in [9.17, 15) is 0 Å². The molecular formula is C13H10ClN3OS. The summed E-state index contributed by atoms with van der Waals surface area (Å²) in [5.41, 5.74) is 2.50. The fraction of sp³-hybridized carbons (Fsp3) is 0.154. The quantitative estimate of drug-likeness (QED) is 0.416. The lowest BCUT2D eigenvalue weighted by molar-refractivity contribution is 0.556. The van der Waals surface area contributed by atoms with Crippen LogP contribution in [0, 0.1) is 6.92 Å². The minimum Gasteiger partial charge on any atom is -0.440 e. The second-order valence-corrected chi connectivity index (χ2v) is 5.31. The highest BCUT2D eigenvalue weighted by Gasteiger charge is 2.07. The Balaban J connectivity index is 1.78. The molecule has 0 amide bonds. The monoisotopic (exact) mass is 291 g/mol. The summed E-state index contributed by atoms with van der Waals surface area (Å²) in [6.07, 6.45) is 0. The van der Waals surface area contributed by atoms with Crippen LogP contribution in [0.4, 0.5) is 0 Å². The number of rotatable bonds is 3. The highest BCUT2D eigenvalue weighted by molar-refractivity contribution is 7.98. The normalized spacial score (nSPS) is 11.1. The van der Waals surface area contributed by atoms with Gasteiger partial charge in [0.25, 0.3) is 0 Å². The Morgan fingerprint density at radius 3 is 2.84 bits per heavy atom. The van der Waals surface area contributed by atoms with E-state index in [1.807, 2.05) is 31.2 Å². The number of fused-ring (bicyclic) bond motifs is 1. The van der Waals surface area contributed by atoms with Crippen LogP contribution in [0.1, 0.15) is 11.6 Å². The predicted octanol–water partition coefficient (Wildman–Crippen LogP) is 3.87. The van der Waals surface area contributed by atoms with Gasteiger partial charge in [0.2, 0.25) is 5.89 Å². The highest BCUT2D eigenvalue weighted by Crippen LogP contribution is 2.23. The third-order valence-electron chi connectivity index (χ3n) is 2.47. The molecule has 4 nitrogen and oxygen atoms in total. The summed E-state index contributed by atoms with van der Waals surface area (Å²) < 4.78 is 5.63. The van der Waals surface area contributed by atoms with Crippen molar-refractivity contribution in [2.24, 2.45) is 0 Å². The van der Waals surface area contributed by atoms with Crippen molar-refractivity contribution >= 4 is 34.5 Å². The molecule has 2 aromatic heterocycles. The predicted molar refractivity (Wildman–Crippen MR) is 75.3 cm³/mol. The summed E-state index contributed by atoms with van der Waals surface area (Å²) in [4.78, 5) is 12.8. The molecule has 0 aliphatic heterocycles. The molecule has 6 heteroatoms. The zero-order valence-corrected chi connectivity index (χ0v) is 11.7. The Morgan fingerprint density at radius 2 is 2.05 bits per heavy atom. The summed E-state index contributed by atoms with van der Waals surface area (Å²) in [5, 5.41) is 1.08. The van der Waals surface area contributed by atoms with Crippen molar-refractivity contribution in [1.29, 1.82) is 0 Å². The molecule has 0 bridgehead atoms. The fourth-order valence-corrected chi connectivity index (χ4v) is 2.71. The van der Waals surface area contributed by atoms with Gasteiger partial charge < -0.3 is 4.42 Å². The van der Waals surface area contributed by atoms with Crippen LogP contribution in [0.15, 0.2) is 39.9 Å². The van der Waals surface area contributed by atoms with Gasteiger partial charge in [-0.25, -0.2) is 15.0 Å². The molecule has 1 aromatic carbocycles. The first-order valence-corrected chi connectivity index (χ1v) is 7.05. The maximum absolute atomic E-state index is 5.89. The number of para-hydroxylation sites is 2. The molecule has 0 unspecified atom stereocenters. The van der Waals surface area contributed by atoms with Crippen molar-refractivity contribution in [3.05, 3.63) is 47.1 Å². The van der Waals surface area contributed by atoms with Crippen LogP contribution in [0.5, 0.6) is 0 Å². The summed E-state index contributed by atoms with van der Waals surface area (Å²) in [5.74, 6) is 1.24. The van der Waals surface area contributed by atoms with Crippen LogP contribution < -0.4 is 0 Å². The minimum absolute atomic E-state index is 0.451. The molecule has 0 N–H and O–H groups in total. The number of aryl methyl sites for hydroxylation is 1. The zero-order valence-electron chi connectivity index (χ0n) is 10.1. The summed E-state index contributed by atoms with van der Waals surface area (Å²) >= 11 is 7.35. The van der Waals surface area contributed by atoms with E-state index in [1.54, 1.807) is 6.07 Å². The first-order valence-electron chi connectivity index (χ1n) is 5.69. The van der Waals surface area contributed by atoms with Crippen molar-refractivity contribution in [1.82, 2.24) is 15.0 Å². The first-order chi connectivity index (χ1) is 9.20. The van der Waals surface area contributed by atoms with Crippen LogP contribution in [-0.4, -0.2) is 15.0 Å². The van der Waals surface area contributed by atoms with Crippen LogP contribution in [0.2, 0.25) is 5.15 Å². The number of hydrogen-bond acceptors (Lipinski definition) is 5. The Morgan fingerprint density at radius 1 is 1.21 bits per heavy atom. The molecule has 0 aliphatic rings. The Hall–Kier alpha value is -1.59. The van der Waals surface area contributed by atoms with Crippen molar-refractivity contribution in [3.63, 3.8) is 0 Å². The van der Waals surface area contributed by atoms with Crippen LogP contribution >= 0.6 is 23.4 Å². The van der Waals surface area contributed by atoms with E-state index >= 15 is 0 Å². The van der Waals surface area contributed by atoms with Crippen molar-refractivity contribution in [2.45, 2.75) is 17.8 Å². The van der Waals surface area contributed by atoms with Gasteiger partial charge in [-0.1, -0.05) is 35.5 Å². The molecule has 96 valence electrons. The Bertz CT molecular complexity index is 675. The largest absolute Gasteiger partial charge is 0.440 e. The molecule has 0 spiro atoms. The van der Waals surface area contributed by atoms with E-state index in [4.69, 9.17) is 16.0 Å². The summed E-state index contributed by atoms with van der Waals surface area (Å²) in [6.45, 7) is 1.89. The maximum Gasteiger partial charge on any atom is 0.205 e. The van der Waals surface area contributed by atoms with E-state index < -0.39 is 0 Å². The van der Waals surface area contributed by atoms with E-state index in [0.717, 1.165) is 16.8 Å². The summed E-state index contributed by atoms with van der Waals surface area (Å²) in [7, 11) is 0. The van der Waals surface area contributed by atoms with Gasteiger partial charge in [0.1, 0.15) is 10.7 Å². The van der Waals surface area contributed by atoms with Gasteiger partial charge in [0, 0.05) is 5.69 Å². The van der Waals surface area contributed by atoms with Gasteiger partial charge in [-0.3, -0.25) is 0 Å². The van der Waals surface area contributed by atoms with Crippen molar-refractivity contribution < 1.29 is 4.42 Å². The number of oxazole rings is 1. The van der Waals surface area contributed by atoms with Gasteiger partial charge in [-0.05, 0) is 25.1 Å². The van der Waals surface area contributed by atoms with Gasteiger partial charge in [0.15, 0.2) is 10.7 Å². The number of hydrogen-bond donors (Lipinski definition) is 0. The standard InChI is InChI=1S/C13H10ClN3OS/c1-8-6-11(14)17-13(15-8)19-7-12-16-9-4-2-3-5-10(9)18-12/h2-6H,7H2,1H3. The van der Waals surface area contributed by atoms with Crippen LogP contribution in [0.25, 0.3) is 11.1 Å². The lowest BCUT2D eigenvalue weighted by Gasteiger charge is -1.99. The first kappa shape index (κ1) is 12.4. The average molecular weight is 292 g/mol. The van der Waals surface area contributed by atoms with E-state index in [2.05, 4.69) is 15.0 Å². The third-order valence-corrected chi connectivity index (χ3v) is 3.49. The van der Waals surface area contributed by atoms with Gasteiger partial charge in [-0.15, -0.1) is 0 Å². The van der Waals surface area contributed by atoms with E-state index in [-0.39, 0.29) is 0 Å². The molecule has 3 aromatic rings.